The molecule has 1 amide bonds. The van der Waals surface area contributed by atoms with Crippen LogP contribution in [0.15, 0.2) is 54.6 Å². The SMILES string of the molecule is CO[C@@](C(=O)N1CCC2(CCNCC2c2ccccc2N(C)C)CC1)(c1ccccc1)C(F)(F)F. The average molecular weight is 490 g/mol. The van der Waals surface area contributed by atoms with E-state index in [0.717, 1.165) is 32.3 Å². The van der Waals surface area contributed by atoms with E-state index >= 15 is 0 Å². The van der Waals surface area contributed by atoms with Crippen LogP contribution in [0.4, 0.5) is 18.9 Å². The molecule has 8 heteroatoms. The van der Waals surface area contributed by atoms with Crippen LogP contribution in [0.3, 0.4) is 0 Å². The monoisotopic (exact) mass is 489 g/mol. The molecular weight excluding hydrogens is 455 g/mol. The quantitative estimate of drug-likeness (QED) is 0.670. The van der Waals surface area contributed by atoms with Crippen molar-refractivity contribution in [2.45, 2.75) is 37.0 Å². The van der Waals surface area contributed by atoms with Crippen LogP contribution in [-0.4, -0.2) is 64.4 Å². The number of hydrogen-bond donors (Lipinski definition) is 1. The minimum Gasteiger partial charge on any atom is -0.377 e. The number of hydrogen-bond acceptors (Lipinski definition) is 4. The van der Waals surface area contributed by atoms with Gasteiger partial charge in [-0.1, -0.05) is 48.5 Å². The van der Waals surface area contributed by atoms with Crippen LogP contribution in [0.5, 0.6) is 0 Å². The highest BCUT2D eigenvalue weighted by atomic mass is 19.4. The molecule has 0 bridgehead atoms. The number of amides is 1. The zero-order valence-corrected chi connectivity index (χ0v) is 20.6. The maximum absolute atomic E-state index is 14.4. The minimum absolute atomic E-state index is 0.0745. The predicted molar refractivity (Wildman–Crippen MR) is 130 cm³/mol. The molecule has 5 nitrogen and oxygen atoms in total. The molecule has 35 heavy (non-hydrogen) atoms. The molecule has 1 spiro atoms. The summed E-state index contributed by atoms with van der Waals surface area (Å²) >= 11 is 0. The Morgan fingerprint density at radius 1 is 1.03 bits per heavy atom. The molecule has 2 fully saturated rings. The van der Waals surface area contributed by atoms with Gasteiger partial charge >= 0.3 is 6.18 Å². The van der Waals surface area contributed by atoms with Gasteiger partial charge in [-0.05, 0) is 42.9 Å². The lowest BCUT2D eigenvalue weighted by atomic mass is 9.62. The molecule has 2 aliphatic rings. The van der Waals surface area contributed by atoms with Crippen LogP contribution >= 0.6 is 0 Å². The van der Waals surface area contributed by atoms with Gasteiger partial charge in [0.05, 0.1) is 0 Å². The van der Waals surface area contributed by atoms with Crippen LogP contribution in [-0.2, 0) is 15.1 Å². The molecule has 0 aromatic heterocycles. The zero-order valence-electron chi connectivity index (χ0n) is 20.6. The summed E-state index contributed by atoms with van der Waals surface area (Å²) in [5.74, 6) is -0.816. The first-order valence-corrected chi connectivity index (χ1v) is 12.1. The summed E-state index contributed by atoms with van der Waals surface area (Å²) in [6.07, 6.45) is -2.66. The maximum atomic E-state index is 14.4. The lowest BCUT2D eigenvalue weighted by Crippen LogP contribution is -2.59. The molecule has 0 saturated carbocycles. The second-order valence-electron chi connectivity index (χ2n) is 9.86. The second-order valence-corrected chi connectivity index (χ2v) is 9.86. The molecule has 4 rings (SSSR count). The molecule has 2 saturated heterocycles. The van der Waals surface area contributed by atoms with E-state index in [4.69, 9.17) is 4.74 Å². The summed E-state index contributed by atoms with van der Waals surface area (Å²) < 4.78 is 48.3. The summed E-state index contributed by atoms with van der Waals surface area (Å²) in [6.45, 7) is 2.22. The number of methoxy groups -OCH3 is 1. The van der Waals surface area contributed by atoms with Crippen molar-refractivity contribution in [2.24, 2.45) is 5.41 Å². The van der Waals surface area contributed by atoms with Crippen LogP contribution in [0.1, 0.15) is 36.3 Å². The highest BCUT2D eigenvalue weighted by Crippen LogP contribution is 2.51. The number of anilines is 1. The third-order valence-electron chi connectivity index (χ3n) is 7.91. The first-order valence-electron chi connectivity index (χ1n) is 12.1. The summed E-state index contributed by atoms with van der Waals surface area (Å²) in [4.78, 5) is 17.0. The minimum atomic E-state index is -4.89. The van der Waals surface area contributed by atoms with E-state index < -0.39 is 17.7 Å². The third kappa shape index (κ3) is 4.42. The van der Waals surface area contributed by atoms with Crippen molar-refractivity contribution >= 4 is 11.6 Å². The number of halogens is 3. The Balaban J connectivity index is 1.62. The Labute approximate surface area is 205 Å². The Bertz CT molecular complexity index is 1020. The average Bonchev–Trinajstić information content (AvgIpc) is 2.85. The number of ether oxygens (including phenoxy) is 1. The molecule has 190 valence electrons. The Morgan fingerprint density at radius 3 is 2.26 bits per heavy atom. The number of carbonyl (C=O) groups excluding carboxylic acids is 1. The van der Waals surface area contributed by atoms with Crippen molar-refractivity contribution in [1.82, 2.24) is 10.2 Å². The van der Waals surface area contributed by atoms with Gasteiger partial charge < -0.3 is 19.9 Å². The number of carbonyl (C=O) groups is 1. The van der Waals surface area contributed by atoms with E-state index in [1.54, 1.807) is 6.07 Å². The molecule has 0 radical (unpaired) electrons. The second kappa shape index (κ2) is 9.82. The molecule has 2 heterocycles. The summed E-state index contributed by atoms with van der Waals surface area (Å²) in [5, 5.41) is 3.51. The van der Waals surface area contributed by atoms with Gasteiger partial charge in [0.2, 0.25) is 0 Å². The third-order valence-corrected chi connectivity index (χ3v) is 7.91. The highest BCUT2D eigenvalue weighted by Gasteiger charge is 2.64. The van der Waals surface area contributed by atoms with Crippen molar-refractivity contribution < 1.29 is 22.7 Å². The number of nitrogens with one attached hydrogen (secondary N) is 1. The Kier molecular flexibility index (Phi) is 7.16. The molecule has 2 aromatic carbocycles. The van der Waals surface area contributed by atoms with Crippen LogP contribution in [0.25, 0.3) is 0 Å². The van der Waals surface area contributed by atoms with Crippen molar-refractivity contribution in [3.63, 3.8) is 0 Å². The van der Waals surface area contributed by atoms with Gasteiger partial charge in [-0.15, -0.1) is 0 Å². The largest absolute Gasteiger partial charge is 0.430 e. The zero-order chi connectivity index (χ0) is 25.3. The molecule has 0 aliphatic carbocycles. The smallest absolute Gasteiger partial charge is 0.377 e. The fraction of sp³-hybridized carbons (Fsp3) is 0.519. The number of nitrogens with zero attached hydrogens (tertiary/aromatic N) is 2. The van der Waals surface area contributed by atoms with Crippen molar-refractivity contribution in [3.05, 3.63) is 65.7 Å². The number of benzene rings is 2. The number of para-hydroxylation sites is 1. The molecular formula is C27H34F3N3O2. The highest BCUT2D eigenvalue weighted by molar-refractivity contribution is 5.88. The number of likely N-dealkylation sites (tertiary alicyclic amines) is 1. The van der Waals surface area contributed by atoms with Gasteiger partial charge in [-0.2, -0.15) is 13.2 Å². The first kappa shape index (κ1) is 25.5. The van der Waals surface area contributed by atoms with E-state index in [-0.39, 0.29) is 30.0 Å². The number of piperidine rings is 2. The lowest BCUT2D eigenvalue weighted by molar-refractivity contribution is -0.271. The molecule has 2 atom stereocenters. The summed E-state index contributed by atoms with van der Waals surface area (Å²) in [7, 11) is 5.01. The number of rotatable bonds is 5. The Morgan fingerprint density at radius 2 is 1.66 bits per heavy atom. The van der Waals surface area contributed by atoms with Gasteiger partial charge in [0, 0.05) is 58.0 Å². The molecule has 1 N–H and O–H groups in total. The fourth-order valence-electron chi connectivity index (χ4n) is 5.98. The topological polar surface area (TPSA) is 44.8 Å². The van der Waals surface area contributed by atoms with Gasteiger partial charge in [-0.3, -0.25) is 4.79 Å². The van der Waals surface area contributed by atoms with E-state index in [2.05, 4.69) is 22.3 Å². The van der Waals surface area contributed by atoms with E-state index in [1.807, 2.05) is 26.2 Å². The number of alkyl halides is 3. The molecule has 1 unspecified atom stereocenters. The van der Waals surface area contributed by atoms with Gasteiger partial charge in [0.1, 0.15) is 0 Å². The van der Waals surface area contributed by atoms with Gasteiger partial charge in [0.15, 0.2) is 0 Å². The van der Waals surface area contributed by atoms with E-state index in [0.29, 0.717) is 12.8 Å². The molecule has 2 aliphatic heterocycles. The standard InChI is InChI=1S/C27H34F3N3O2/c1-32(2)23-12-8-7-11-21(23)22-19-31-16-13-25(22)14-17-33(18-15-25)24(34)26(35-3,27(28,29)30)20-9-5-4-6-10-20/h4-12,22,31H,13-19H2,1-3H3/t22?,26-/m1/s1. The summed E-state index contributed by atoms with van der Waals surface area (Å²) in [6, 6.07) is 15.5. The van der Waals surface area contributed by atoms with E-state index in [9.17, 15) is 18.0 Å². The fourth-order valence-corrected chi connectivity index (χ4v) is 5.98. The first-order chi connectivity index (χ1) is 16.7. The maximum Gasteiger partial charge on any atom is 0.430 e. The normalized spacial score (nSPS) is 22.0. The molecule has 2 aromatic rings. The predicted octanol–water partition coefficient (Wildman–Crippen LogP) is 4.54. The van der Waals surface area contributed by atoms with E-state index in [1.165, 1.54) is 34.7 Å². The van der Waals surface area contributed by atoms with Crippen LogP contribution < -0.4 is 10.2 Å². The van der Waals surface area contributed by atoms with Crippen molar-refractivity contribution in [1.29, 1.82) is 0 Å². The van der Waals surface area contributed by atoms with Crippen LogP contribution in [0.2, 0.25) is 0 Å². The lowest BCUT2D eigenvalue weighted by Gasteiger charge is -2.51. The van der Waals surface area contributed by atoms with Crippen molar-refractivity contribution in [3.8, 4) is 0 Å². The summed E-state index contributed by atoms with van der Waals surface area (Å²) in [5.41, 5.74) is -0.882. The van der Waals surface area contributed by atoms with Gasteiger partial charge in [0.25, 0.3) is 11.5 Å². The van der Waals surface area contributed by atoms with Gasteiger partial charge in [-0.25, -0.2) is 0 Å². The van der Waals surface area contributed by atoms with Crippen molar-refractivity contribution in [2.75, 3.05) is 52.3 Å². The Hall–Kier alpha value is -2.58. The van der Waals surface area contributed by atoms with Crippen LogP contribution in [0, 0.1) is 5.41 Å².